The summed E-state index contributed by atoms with van der Waals surface area (Å²) in [4.78, 5) is 23.7. The van der Waals surface area contributed by atoms with Crippen LogP contribution in [0.3, 0.4) is 0 Å². The summed E-state index contributed by atoms with van der Waals surface area (Å²) in [5.41, 5.74) is 7.32. The first-order valence-electron chi connectivity index (χ1n) is 18.2. The van der Waals surface area contributed by atoms with E-state index < -0.39 is 0 Å². The van der Waals surface area contributed by atoms with Crippen LogP contribution in [0.2, 0.25) is 0 Å². The highest BCUT2D eigenvalue weighted by molar-refractivity contribution is 6.14. The fraction of sp³-hybridized carbons (Fsp3) is 0.564. The number of carbonyl (C=O) groups excluding carboxylic acids is 1. The Balaban J connectivity index is 1.17. The van der Waals surface area contributed by atoms with Gasteiger partial charge in [-0.25, -0.2) is 0 Å². The summed E-state index contributed by atoms with van der Waals surface area (Å²) in [6.07, 6.45) is 13.8. The highest BCUT2D eigenvalue weighted by Crippen LogP contribution is 2.33. The number of aromatic hydroxyl groups is 2. The SMILES string of the molecule is O=C1C(=Cc2cc(CN3CCCC3)c(O)c(CN3CCCC3)c2)CNCC1=Cc1cc(CN2CCCC2)c(O)c(CN2CCCC2)c1. The number of benzene rings is 2. The van der Waals surface area contributed by atoms with Crippen LogP contribution in [0.1, 0.15) is 84.7 Å². The number of nitrogens with one attached hydrogen (secondary N) is 1. The first kappa shape index (κ1) is 32.5. The molecule has 0 saturated carbocycles. The molecule has 8 nitrogen and oxygen atoms in total. The number of rotatable bonds is 10. The summed E-state index contributed by atoms with van der Waals surface area (Å²) in [6, 6.07) is 8.37. The molecule has 3 N–H and O–H groups in total. The van der Waals surface area contributed by atoms with Gasteiger partial charge in [0.1, 0.15) is 11.5 Å². The third-order valence-corrected chi connectivity index (χ3v) is 10.8. The van der Waals surface area contributed by atoms with Crippen molar-refractivity contribution < 1.29 is 15.0 Å². The van der Waals surface area contributed by atoms with E-state index in [1.165, 1.54) is 51.4 Å². The molecule has 2 aromatic rings. The zero-order valence-corrected chi connectivity index (χ0v) is 28.1. The average Bonchev–Trinajstić information content (AvgIpc) is 3.90. The maximum atomic E-state index is 14.0. The maximum absolute atomic E-state index is 14.0. The van der Waals surface area contributed by atoms with Gasteiger partial charge in [0.25, 0.3) is 0 Å². The fourth-order valence-electron chi connectivity index (χ4n) is 8.28. The van der Waals surface area contributed by atoms with Crippen molar-refractivity contribution >= 4 is 17.9 Å². The van der Waals surface area contributed by atoms with Crippen LogP contribution in [0.15, 0.2) is 35.4 Å². The quantitative estimate of drug-likeness (QED) is 0.309. The molecule has 0 atom stereocenters. The van der Waals surface area contributed by atoms with Crippen LogP contribution < -0.4 is 5.32 Å². The van der Waals surface area contributed by atoms with Gasteiger partial charge in [-0.2, -0.15) is 0 Å². The Labute approximate surface area is 280 Å². The first-order chi connectivity index (χ1) is 23.0. The molecule has 5 aliphatic heterocycles. The topological polar surface area (TPSA) is 82.5 Å². The van der Waals surface area contributed by atoms with Crippen LogP contribution in [-0.4, -0.2) is 101 Å². The molecule has 7 rings (SSSR count). The standard InChI is InChI=1S/C39H53N5O3/c45-37-31(17-29-19-33(25-41-9-1-2-10-41)38(46)34(20-29)26-42-11-3-4-12-42)23-40-24-32(37)18-30-21-35(27-43-13-5-6-14-43)39(47)36(22-30)28-44-15-7-8-16-44/h17-22,40,46-47H,1-16,23-28H2. The van der Waals surface area contributed by atoms with Crippen LogP contribution in [0.5, 0.6) is 11.5 Å². The van der Waals surface area contributed by atoms with E-state index in [2.05, 4.69) is 49.2 Å². The second kappa shape index (κ2) is 15.0. The molecule has 0 unspecified atom stereocenters. The van der Waals surface area contributed by atoms with Crippen molar-refractivity contribution in [2.24, 2.45) is 0 Å². The van der Waals surface area contributed by atoms with Crippen LogP contribution in [0.25, 0.3) is 12.2 Å². The molecule has 2 aromatic carbocycles. The van der Waals surface area contributed by atoms with Crippen LogP contribution in [0.4, 0.5) is 0 Å². The monoisotopic (exact) mass is 639 g/mol. The highest BCUT2D eigenvalue weighted by Gasteiger charge is 2.24. The molecule has 5 fully saturated rings. The van der Waals surface area contributed by atoms with Gasteiger partial charge < -0.3 is 15.5 Å². The zero-order valence-electron chi connectivity index (χ0n) is 28.1. The minimum Gasteiger partial charge on any atom is -0.507 e. The lowest BCUT2D eigenvalue weighted by molar-refractivity contribution is -0.112. The number of carbonyl (C=O) groups is 1. The zero-order chi connectivity index (χ0) is 32.2. The molecule has 0 radical (unpaired) electrons. The molecule has 0 bridgehead atoms. The van der Waals surface area contributed by atoms with Crippen molar-refractivity contribution in [3.8, 4) is 11.5 Å². The molecular weight excluding hydrogens is 586 g/mol. The first-order valence-corrected chi connectivity index (χ1v) is 18.2. The summed E-state index contributed by atoms with van der Waals surface area (Å²) < 4.78 is 0. The molecule has 5 aliphatic rings. The van der Waals surface area contributed by atoms with Crippen molar-refractivity contribution in [1.82, 2.24) is 24.9 Å². The average molecular weight is 640 g/mol. The van der Waals surface area contributed by atoms with Crippen LogP contribution >= 0.6 is 0 Å². The maximum Gasteiger partial charge on any atom is 0.187 e. The van der Waals surface area contributed by atoms with E-state index in [-0.39, 0.29) is 5.78 Å². The van der Waals surface area contributed by atoms with E-state index in [1.807, 2.05) is 12.2 Å². The Hall–Kier alpha value is -3.01. The van der Waals surface area contributed by atoms with Gasteiger partial charge in [-0.15, -0.1) is 0 Å². The normalized spacial score (nSPS) is 23.7. The number of Topliss-reactive ketones (excluding diaryl/α,β-unsaturated/α-hetero) is 1. The number of nitrogens with zero attached hydrogens (tertiary/aromatic N) is 4. The molecule has 252 valence electrons. The predicted octanol–water partition coefficient (Wildman–Crippen LogP) is 5.12. The minimum absolute atomic E-state index is 0.0780. The van der Waals surface area contributed by atoms with Gasteiger partial charge in [0.2, 0.25) is 0 Å². The van der Waals surface area contributed by atoms with Gasteiger partial charge in [-0.05, 0) is 151 Å². The Morgan fingerprint density at radius 3 is 1.06 bits per heavy atom. The molecule has 5 heterocycles. The smallest absolute Gasteiger partial charge is 0.187 e. The number of hydrogen-bond acceptors (Lipinski definition) is 8. The Kier molecular flexibility index (Phi) is 10.4. The molecule has 5 saturated heterocycles. The van der Waals surface area contributed by atoms with E-state index >= 15 is 0 Å². The predicted molar refractivity (Wildman–Crippen MR) is 188 cm³/mol. The largest absolute Gasteiger partial charge is 0.507 e. The van der Waals surface area contributed by atoms with Gasteiger partial charge in [-0.3, -0.25) is 24.4 Å². The molecule has 0 aromatic heterocycles. The number of phenolic OH excluding ortho intramolecular Hbond substituents is 2. The van der Waals surface area contributed by atoms with E-state index in [0.717, 1.165) is 123 Å². The van der Waals surface area contributed by atoms with Gasteiger partial charge in [0.05, 0.1) is 0 Å². The lowest BCUT2D eigenvalue weighted by atomic mass is 9.93. The number of likely N-dealkylation sites (tertiary alicyclic amines) is 4. The summed E-state index contributed by atoms with van der Waals surface area (Å²) in [5.74, 6) is 0.914. The lowest BCUT2D eigenvalue weighted by Crippen LogP contribution is -2.32. The molecular formula is C39H53N5O3. The van der Waals surface area contributed by atoms with Gasteiger partial charge in [0, 0.05) is 72.7 Å². The van der Waals surface area contributed by atoms with Gasteiger partial charge >= 0.3 is 0 Å². The van der Waals surface area contributed by atoms with Crippen molar-refractivity contribution in [2.75, 3.05) is 65.4 Å². The van der Waals surface area contributed by atoms with Crippen LogP contribution in [0, 0.1) is 0 Å². The van der Waals surface area contributed by atoms with Gasteiger partial charge in [-0.1, -0.05) is 0 Å². The van der Waals surface area contributed by atoms with Crippen molar-refractivity contribution in [3.05, 3.63) is 68.8 Å². The van der Waals surface area contributed by atoms with Crippen LogP contribution in [-0.2, 0) is 31.0 Å². The summed E-state index contributed by atoms with van der Waals surface area (Å²) in [7, 11) is 0. The molecule has 0 spiro atoms. The Bertz CT molecular complexity index is 1300. The fourth-order valence-corrected chi connectivity index (χ4v) is 8.28. The Morgan fingerprint density at radius 1 is 0.511 bits per heavy atom. The second-order valence-electron chi connectivity index (χ2n) is 14.6. The summed E-state index contributed by atoms with van der Waals surface area (Å²) in [6.45, 7) is 12.6. The van der Waals surface area contributed by atoms with Crippen molar-refractivity contribution in [2.45, 2.75) is 77.5 Å². The van der Waals surface area contributed by atoms with Crippen molar-refractivity contribution in [3.63, 3.8) is 0 Å². The third-order valence-electron chi connectivity index (χ3n) is 10.8. The molecule has 0 amide bonds. The van der Waals surface area contributed by atoms with Crippen molar-refractivity contribution in [1.29, 1.82) is 0 Å². The molecule has 0 aliphatic carbocycles. The summed E-state index contributed by atoms with van der Waals surface area (Å²) in [5, 5.41) is 26.2. The number of piperidine rings is 1. The van der Waals surface area contributed by atoms with E-state index in [1.54, 1.807) is 0 Å². The highest BCUT2D eigenvalue weighted by atomic mass is 16.3. The molecule has 8 heteroatoms. The third kappa shape index (κ3) is 8.01. The van der Waals surface area contributed by atoms with Gasteiger partial charge in [0.15, 0.2) is 5.78 Å². The number of hydrogen-bond donors (Lipinski definition) is 3. The van der Waals surface area contributed by atoms with E-state index in [0.29, 0.717) is 24.6 Å². The van der Waals surface area contributed by atoms with E-state index in [9.17, 15) is 15.0 Å². The number of ketones is 1. The Morgan fingerprint density at radius 2 is 0.787 bits per heavy atom. The lowest BCUT2D eigenvalue weighted by Gasteiger charge is -2.22. The second-order valence-corrected chi connectivity index (χ2v) is 14.6. The summed E-state index contributed by atoms with van der Waals surface area (Å²) >= 11 is 0. The van der Waals surface area contributed by atoms with E-state index in [4.69, 9.17) is 0 Å². The molecule has 47 heavy (non-hydrogen) atoms. The minimum atomic E-state index is 0.0780. The number of phenols is 2.